The van der Waals surface area contributed by atoms with Crippen molar-refractivity contribution in [2.45, 2.75) is 32.5 Å². The summed E-state index contributed by atoms with van der Waals surface area (Å²) in [6.07, 6.45) is 0. The molecule has 3 aromatic rings. The van der Waals surface area contributed by atoms with Crippen LogP contribution in [0.1, 0.15) is 34.2 Å². The van der Waals surface area contributed by atoms with Gasteiger partial charge in [0.1, 0.15) is 12.4 Å². The van der Waals surface area contributed by atoms with Crippen LogP contribution in [0.15, 0.2) is 47.6 Å². The minimum absolute atomic E-state index is 0.170. The largest absolute Gasteiger partial charge is 0.485 e. The van der Waals surface area contributed by atoms with Crippen molar-refractivity contribution in [2.24, 2.45) is 7.05 Å². The third kappa shape index (κ3) is 6.10. The number of aryl methyl sites for hydroxylation is 2. The lowest BCUT2D eigenvalue weighted by atomic mass is 10.1. The molecule has 0 fully saturated rings. The number of rotatable bonds is 9. The fourth-order valence-corrected chi connectivity index (χ4v) is 3.56. The van der Waals surface area contributed by atoms with E-state index in [2.05, 4.69) is 15.5 Å². The molecule has 2 aromatic carbocycles. The molecule has 0 saturated carbocycles. The van der Waals surface area contributed by atoms with Crippen molar-refractivity contribution in [2.75, 3.05) is 17.7 Å². The normalized spacial score (nSPS) is 10.6. The van der Waals surface area contributed by atoms with E-state index in [0.29, 0.717) is 28.8 Å². The summed E-state index contributed by atoms with van der Waals surface area (Å²) in [5.41, 5.74) is 3.22. The number of carbonyl (C=O) groups is 2. The molecule has 9 heteroatoms. The van der Waals surface area contributed by atoms with Crippen LogP contribution in [0, 0.1) is 13.8 Å². The Kier molecular flexibility index (Phi) is 7.88. The van der Waals surface area contributed by atoms with E-state index in [1.165, 1.54) is 11.8 Å². The first kappa shape index (κ1) is 23.3. The smallest absolute Gasteiger partial charge is 0.338 e. The number of ether oxygens (including phenoxy) is 2. The Labute approximate surface area is 191 Å². The van der Waals surface area contributed by atoms with Gasteiger partial charge in [-0.2, -0.15) is 0 Å². The second-order valence-electron chi connectivity index (χ2n) is 7.15. The van der Waals surface area contributed by atoms with Gasteiger partial charge in [0.25, 0.3) is 0 Å². The Morgan fingerprint density at radius 3 is 2.56 bits per heavy atom. The predicted molar refractivity (Wildman–Crippen MR) is 123 cm³/mol. The molecule has 3 rings (SSSR count). The Bertz CT molecular complexity index is 1100. The highest BCUT2D eigenvalue weighted by atomic mass is 32.2. The summed E-state index contributed by atoms with van der Waals surface area (Å²) in [5, 5.41) is 11.8. The molecular weight excluding hydrogens is 428 g/mol. The van der Waals surface area contributed by atoms with Crippen molar-refractivity contribution >= 4 is 29.3 Å². The number of hydrogen-bond donors (Lipinski definition) is 1. The zero-order chi connectivity index (χ0) is 23.1. The highest BCUT2D eigenvalue weighted by molar-refractivity contribution is 7.99. The molecule has 0 spiro atoms. The van der Waals surface area contributed by atoms with Crippen LogP contribution in [0.3, 0.4) is 0 Å². The van der Waals surface area contributed by atoms with E-state index >= 15 is 0 Å². The number of carbonyl (C=O) groups excluding carboxylic acids is 2. The van der Waals surface area contributed by atoms with Crippen LogP contribution in [0.5, 0.6) is 5.75 Å². The van der Waals surface area contributed by atoms with E-state index < -0.39 is 0 Å². The lowest BCUT2D eigenvalue weighted by Crippen LogP contribution is -2.15. The van der Waals surface area contributed by atoms with Crippen molar-refractivity contribution in [1.82, 2.24) is 14.8 Å². The zero-order valence-electron chi connectivity index (χ0n) is 18.5. The van der Waals surface area contributed by atoms with E-state index in [4.69, 9.17) is 9.47 Å². The summed E-state index contributed by atoms with van der Waals surface area (Å²) in [5.74, 6) is 1.08. The molecule has 8 nitrogen and oxygen atoms in total. The highest BCUT2D eigenvalue weighted by Gasteiger charge is 2.13. The molecule has 0 aliphatic carbocycles. The van der Waals surface area contributed by atoms with Crippen molar-refractivity contribution in [3.8, 4) is 5.75 Å². The first-order valence-electron chi connectivity index (χ1n) is 10.2. The van der Waals surface area contributed by atoms with Gasteiger partial charge < -0.3 is 19.4 Å². The number of amides is 1. The standard InChI is InChI=1S/C23H26N4O4S/c1-5-30-22(29)17-8-10-18(11-9-17)24-21(28)14-32-23-26-25-20(27(23)4)13-31-19-12-15(2)6-7-16(19)3/h6-12H,5,13-14H2,1-4H3,(H,24,28). The van der Waals surface area contributed by atoms with Crippen LogP contribution in [-0.4, -0.2) is 39.0 Å². The van der Waals surface area contributed by atoms with Crippen LogP contribution in [0.4, 0.5) is 5.69 Å². The zero-order valence-corrected chi connectivity index (χ0v) is 19.4. The van der Waals surface area contributed by atoms with Gasteiger partial charge >= 0.3 is 5.97 Å². The van der Waals surface area contributed by atoms with Gasteiger partial charge in [0.05, 0.1) is 17.9 Å². The minimum atomic E-state index is -0.388. The summed E-state index contributed by atoms with van der Waals surface area (Å²) in [4.78, 5) is 24.0. The fourth-order valence-electron chi connectivity index (χ4n) is 2.83. The fraction of sp³-hybridized carbons (Fsp3) is 0.304. The first-order valence-corrected chi connectivity index (χ1v) is 11.1. The number of benzene rings is 2. The number of esters is 1. The maximum Gasteiger partial charge on any atom is 0.338 e. The molecule has 0 aliphatic heterocycles. The van der Waals surface area contributed by atoms with Gasteiger partial charge in [-0.15, -0.1) is 10.2 Å². The molecule has 0 radical (unpaired) electrons. The van der Waals surface area contributed by atoms with E-state index in [9.17, 15) is 9.59 Å². The number of thioether (sulfide) groups is 1. The monoisotopic (exact) mass is 454 g/mol. The lowest BCUT2D eigenvalue weighted by Gasteiger charge is -2.10. The maximum atomic E-state index is 12.3. The number of anilines is 1. The topological polar surface area (TPSA) is 95.3 Å². The molecule has 0 atom stereocenters. The van der Waals surface area contributed by atoms with Gasteiger partial charge in [0.15, 0.2) is 11.0 Å². The first-order chi connectivity index (χ1) is 15.4. The number of aromatic nitrogens is 3. The molecule has 0 bridgehead atoms. The Balaban J connectivity index is 1.51. The number of nitrogens with zero attached hydrogens (tertiary/aromatic N) is 3. The second-order valence-corrected chi connectivity index (χ2v) is 8.09. The molecule has 1 heterocycles. The van der Waals surface area contributed by atoms with Crippen molar-refractivity contribution < 1.29 is 19.1 Å². The molecule has 0 unspecified atom stereocenters. The van der Waals surface area contributed by atoms with E-state index in [-0.39, 0.29) is 24.2 Å². The number of hydrogen-bond acceptors (Lipinski definition) is 7. The van der Waals surface area contributed by atoms with Gasteiger partial charge in [-0.05, 0) is 62.2 Å². The average molecular weight is 455 g/mol. The molecule has 1 N–H and O–H groups in total. The van der Waals surface area contributed by atoms with Crippen LogP contribution < -0.4 is 10.1 Å². The van der Waals surface area contributed by atoms with Crippen LogP contribution in [0.2, 0.25) is 0 Å². The molecule has 1 aromatic heterocycles. The van der Waals surface area contributed by atoms with Crippen LogP contribution >= 0.6 is 11.8 Å². The summed E-state index contributed by atoms with van der Waals surface area (Å²) >= 11 is 1.28. The van der Waals surface area contributed by atoms with Crippen LogP contribution in [0.25, 0.3) is 0 Å². The lowest BCUT2D eigenvalue weighted by molar-refractivity contribution is -0.113. The Morgan fingerprint density at radius 1 is 1.09 bits per heavy atom. The van der Waals surface area contributed by atoms with Crippen LogP contribution in [-0.2, 0) is 23.2 Å². The van der Waals surface area contributed by atoms with E-state index in [1.54, 1.807) is 31.2 Å². The minimum Gasteiger partial charge on any atom is -0.485 e. The van der Waals surface area contributed by atoms with Gasteiger partial charge in [-0.3, -0.25) is 4.79 Å². The van der Waals surface area contributed by atoms with Gasteiger partial charge in [0.2, 0.25) is 5.91 Å². The summed E-state index contributed by atoms with van der Waals surface area (Å²) in [6, 6.07) is 12.6. The maximum absolute atomic E-state index is 12.3. The van der Waals surface area contributed by atoms with E-state index in [0.717, 1.165) is 16.9 Å². The molecule has 0 saturated heterocycles. The second kappa shape index (κ2) is 10.8. The quantitative estimate of drug-likeness (QED) is 0.387. The van der Waals surface area contributed by atoms with Gasteiger partial charge in [-0.1, -0.05) is 23.9 Å². The average Bonchev–Trinajstić information content (AvgIpc) is 3.13. The predicted octanol–water partition coefficient (Wildman–Crippen LogP) is 3.92. The third-order valence-corrected chi connectivity index (χ3v) is 5.66. The third-order valence-electron chi connectivity index (χ3n) is 4.64. The SMILES string of the molecule is CCOC(=O)c1ccc(NC(=O)CSc2nnc(COc3cc(C)ccc3C)n2C)cc1. The summed E-state index contributed by atoms with van der Waals surface area (Å²) < 4.78 is 12.7. The van der Waals surface area contributed by atoms with E-state index in [1.807, 2.05) is 43.7 Å². The van der Waals surface area contributed by atoms with Crippen molar-refractivity contribution in [1.29, 1.82) is 0 Å². The molecular formula is C23H26N4O4S. The summed E-state index contributed by atoms with van der Waals surface area (Å²) in [6.45, 7) is 6.37. The number of nitrogens with one attached hydrogen (secondary N) is 1. The Hall–Kier alpha value is -3.33. The van der Waals surface area contributed by atoms with Crippen molar-refractivity contribution in [3.05, 3.63) is 65.0 Å². The molecule has 0 aliphatic rings. The summed E-state index contributed by atoms with van der Waals surface area (Å²) in [7, 11) is 1.84. The molecule has 32 heavy (non-hydrogen) atoms. The Morgan fingerprint density at radius 2 is 1.84 bits per heavy atom. The van der Waals surface area contributed by atoms with Gasteiger partial charge in [-0.25, -0.2) is 4.79 Å². The highest BCUT2D eigenvalue weighted by Crippen LogP contribution is 2.21. The van der Waals surface area contributed by atoms with Crippen molar-refractivity contribution in [3.63, 3.8) is 0 Å². The molecule has 168 valence electrons. The molecule has 1 amide bonds. The van der Waals surface area contributed by atoms with Gasteiger partial charge in [0, 0.05) is 12.7 Å².